The number of carbonyl (C=O) groups is 1. The number of fused-ring (bicyclic) bond motifs is 1. The third-order valence-electron chi connectivity index (χ3n) is 9.40. The summed E-state index contributed by atoms with van der Waals surface area (Å²) in [4.78, 5) is 18.1. The van der Waals surface area contributed by atoms with E-state index in [4.69, 9.17) is 0 Å². The summed E-state index contributed by atoms with van der Waals surface area (Å²) >= 11 is 0. The lowest BCUT2D eigenvalue weighted by Crippen LogP contribution is -2.36. The van der Waals surface area contributed by atoms with E-state index in [9.17, 15) is 10.1 Å². The minimum atomic E-state index is -0.307. The molecule has 4 heteroatoms. The number of nitrogens with zero attached hydrogens (tertiary/aromatic N) is 2. The predicted molar refractivity (Wildman–Crippen MR) is 165 cm³/mol. The number of allylic oxidation sites excluding steroid dienone is 2. The van der Waals surface area contributed by atoms with Gasteiger partial charge in [-0.05, 0) is 110 Å². The number of nitriles is 1. The lowest BCUT2D eigenvalue weighted by Gasteiger charge is -2.38. The van der Waals surface area contributed by atoms with Crippen LogP contribution in [0.1, 0.15) is 120 Å². The van der Waals surface area contributed by atoms with E-state index >= 15 is 0 Å². The quantitative estimate of drug-likeness (QED) is 0.386. The molecule has 0 aliphatic heterocycles. The van der Waals surface area contributed by atoms with E-state index in [2.05, 4.69) is 74.4 Å². The first-order valence-corrected chi connectivity index (χ1v) is 15.2. The van der Waals surface area contributed by atoms with Crippen molar-refractivity contribution in [3.05, 3.63) is 81.7 Å². The molecule has 40 heavy (non-hydrogen) atoms. The standard InChI is InChI=1S/C36H47N3O/c1-25-11-12-26(2)33-29(10-9-20-39-33)23-31(25)34(40)27(3)38-21-15-28-13-14-32(30(22-28)24-37)36(6)17-8-7-16-35(4,5)18-19-36/h9-11,13-14,20,22-23,26-27,38H,7-8,12,15-19,21H2,1-6H3. The molecule has 4 rings (SSSR count). The molecule has 2 aliphatic rings. The molecule has 1 heterocycles. The molecule has 212 valence electrons. The van der Waals surface area contributed by atoms with Gasteiger partial charge in [0.05, 0.1) is 23.4 Å². The van der Waals surface area contributed by atoms with Crippen molar-refractivity contribution < 1.29 is 4.79 Å². The lowest BCUT2D eigenvalue weighted by atomic mass is 9.67. The van der Waals surface area contributed by atoms with Crippen LogP contribution in [0.5, 0.6) is 0 Å². The highest BCUT2D eigenvalue weighted by Gasteiger charge is 2.33. The Bertz CT molecular complexity index is 1330. The van der Waals surface area contributed by atoms with Crippen LogP contribution >= 0.6 is 0 Å². The zero-order valence-corrected chi connectivity index (χ0v) is 25.4. The van der Waals surface area contributed by atoms with Crippen molar-refractivity contribution in [3.63, 3.8) is 0 Å². The molecule has 0 spiro atoms. The molecule has 0 saturated heterocycles. The number of rotatable bonds is 7. The maximum Gasteiger partial charge on any atom is 0.179 e. The number of aromatic nitrogens is 1. The van der Waals surface area contributed by atoms with Crippen LogP contribution < -0.4 is 5.32 Å². The summed E-state index contributed by atoms with van der Waals surface area (Å²) in [5.41, 5.74) is 7.43. The molecule has 0 amide bonds. The molecule has 3 atom stereocenters. The smallest absolute Gasteiger partial charge is 0.179 e. The molecule has 1 fully saturated rings. The van der Waals surface area contributed by atoms with Crippen LogP contribution in [0.4, 0.5) is 0 Å². The molecule has 3 unspecified atom stereocenters. The van der Waals surface area contributed by atoms with E-state index in [1.165, 1.54) is 31.2 Å². The highest BCUT2D eigenvalue weighted by molar-refractivity contribution is 6.06. The Labute approximate surface area is 242 Å². The van der Waals surface area contributed by atoms with Crippen molar-refractivity contribution >= 4 is 11.9 Å². The van der Waals surface area contributed by atoms with Crippen molar-refractivity contribution in [2.75, 3.05) is 6.54 Å². The third-order valence-corrected chi connectivity index (χ3v) is 9.40. The first kappa shape index (κ1) is 29.9. The van der Waals surface area contributed by atoms with Gasteiger partial charge in [-0.15, -0.1) is 0 Å². The molecule has 4 nitrogen and oxygen atoms in total. The zero-order valence-electron chi connectivity index (χ0n) is 25.4. The normalized spacial score (nSPS) is 23.7. The number of pyridine rings is 1. The number of benzene rings is 1. The van der Waals surface area contributed by atoms with E-state index in [1.807, 2.05) is 32.2 Å². The molecule has 0 radical (unpaired) electrons. The van der Waals surface area contributed by atoms with Crippen LogP contribution in [0.2, 0.25) is 0 Å². The zero-order chi connectivity index (χ0) is 28.9. The van der Waals surface area contributed by atoms with Gasteiger partial charge in [-0.25, -0.2) is 0 Å². The number of ketones is 1. The van der Waals surface area contributed by atoms with Crippen molar-refractivity contribution in [3.8, 4) is 6.07 Å². The van der Waals surface area contributed by atoms with Gasteiger partial charge in [0.2, 0.25) is 0 Å². The average molecular weight is 538 g/mol. The van der Waals surface area contributed by atoms with Crippen LogP contribution in [-0.4, -0.2) is 23.4 Å². The summed E-state index contributed by atoms with van der Waals surface area (Å²) in [6, 6.07) is 12.7. The predicted octanol–water partition coefficient (Wildman–Crippen LogP) is 8.22. The summed E-state index contributed by atoms with van der Waals surface area (Å²) in [5, 5.41) is 13.5. The number of hydrogen-bond donors (Lipinski definition) is 1. The van der Waals surface area contributed by atoms with Gasteiger partial charge in [0.25, 0.3) is 0 Å². The Balaban J connectivity index is 1.43. The van der Waals surface area contributed by atoms with Gasteiger partial charge in [0, 0.05) is 17.7 Å². The first-order valence-electron chi connectivity index (χ1n) is 15.2. The second-order valence-corrected chi connectivity index (χ2v) is 13.3. The Morgan fingerprint density at radius 1 is 1.15 bits per heavy atom. The minimum absolute atomic E-state index is 0.0447. The van der Waals surface area contributed by atoms with Gasteiger partial charge < -0.3 is 5.32 Å². The van der Waals surface area contributed by atoms with Crippen molar-refractivity contribution in [2.45, 2.75) is 110 Å². The second-order valence-electron chi connectivity index (χ2n) is 13.3. The third kappa shape index (κ3) is 6.99. The SMILES string of the molecule is CC1=CCC(C)c2ncccc2C=C1C(=O)C(C)NCCc1ccc(C2(C)CCCCC(C)(C)CC2)c(C#N)c1. The maximum absolute atomic E-state index is 13.5. The van der Waals surface area contributed by atoms with Gasteiger partial charge in [-0.2, -0.15) is 5.26 Å². The molecule has 1 aromatic heterocycles. The van der Waals surface area contributed by atoms with Gasteiger partial charge in [0.1, 0.15) is 0 Å². The van der Waals surface area contributed by atoms with Gasteiger partial charge >= 0.3 is 0 Å². The second kappa shape index (κ2) is 12.6. The van der Waals surface area contributed by atoms with Gasteiger partial charge in [0.15, 0.2) is 5.78 Å². The topological polar surface area (TPSA) is 65.8 Å². The molecule has 1 aromatic carbocycles. The average Bonchev–Trinajstić information content (AvgIpc) is 2.94. The molecular weight excluding hydrogens is 490 g/mol. The Morgan fingerprint density at radius 2 is 1.93 bits per heavy atom. The van der Waals surface area contributed by atoms with E-state index in [-0.39, 0.29) is 17.2 Å². The van der Waals surface area contributed by atoms with Crippen LogP contribution in [0.15, 0.2) is 53.8 Å². The number of hydrogen-bond acceptors (Lipinski definition) is 4. The van der Waals surface area contributed by atoms with E-state index in [1.54, 1.807) is 0 Å². The monoisotopic (exact) mass is 537 g/mol. The molecule has 1 saturated carbocycles. The number of Topliss-reactive ketones (excluding diaryl/α,β-unsaturated/α-hetero) is 1. The Morgan fingerprint density at radius 3 is 2.70 bits per heavy atom. The molecule has 0 bridgehead atoms. The number of carbonyl (C=O) groups excluding carboxylic acids is 1. The molecule has 1 N–H and O–H groups in total. The van der Waals surface area contributed by atoms with Crippen LogP contribution in [0.3, 0.4) is 0 Å². The highest BCUT2D eigenvalue weighted by atomic mass is 16.1. The molecule has 2 aliphatic carbocycles. The van der Waals surface area contributed by atoms with Crippen molar-refractivity contribution in [1.82, 2.24) is 10.3 Å². The van der Waals surface area contributed by atoms with E-state index in [0.717, 1.165) is 59.2 Å². The summed E-state index contributed by atoms with van der Waals surface area (Å²) in [7, 11) is 0. The largest absolute Gasteiger partial charge is 0.307 e. The van der Waals surface area contributed by atoms with Crippen LogP contribution in [-0.2, 0) is 16.6 Å². The van der Waals surface area contributed by atoms with E-state index in [0.29, 0.717) is 17.9 Å². The minimum Gasteiger partial charge on any atom is -0.307 e. The Kier molecular flexibility index (Phi) is 9.47. The highest BCUT2D eigenvalue weighted by Crippen LogP contribution is 2.43. The fraction of sp³-hybridized carbons (Fsp3) is 0.528. The number of nitrogens with one attached hydrogen (secondary N) is 1. The maximum atomic E-state index is 13.5. The van der Waals surface area contributed by atoms with E-state index < -0.39 is 0 Å². The van der Waals surface area contributed by atoms with Crippen LogP contribution in [0, 0.1) is 16.7 Å². The van der Waals surface area contributed by atoms with Crippen LogP contribution in [0.25, 0.3) is 6.08 Å². The van der Waals surface area contributed by atoms with Crippen molar-refractivity contribution in [2.24, 2.45) is 5.41 Å². The Hall–Kier alpha value is -3.03. The summed E-state index contributed by atoms with van der Waals surface area (Å²) in [5.74, 6) is 0.423. The lowest BCUT2D eigenvalue weighted by molar-refractivity contribution is -0.116. The fourth-order valence-electron chi connectivity index (χ4n) is 6.45. The summed E-state index contributed by atoms with van der Waals surface area (Å²) in [6.45, 7) is 14.0. The van der Waals surface area contributed by atoms with Crippen molar-refractivity contribution in [1.29, 1.82) is 5.26 Å². The van der Waals surface area contributed by atoms with Gasteiger partial charge in [-0.3, -0.25) is 9.78 Å². The van der Waals surface area contributed by atoms with Gasteiger partial charge in [-0.1, -0.05) is 64.8 Å². The fourth-order valence-corrected chi connectivity index (χ4v) is 6.45. The summed E-state index contributed by atoms with van der Waals surface area (Å²) in [6.07, 6.45) is 14.9. The first-order chi connectivity index (χ1) is 19.0. The molecule has 2 aromatic rings. The summed E-state index contributed by atoms with van der Waals surface area (Å²) < 4.78 is 0. The molecular formula is C36H47N3O.